The van der Waals surface area contributed by atoms with E-state index in [-0.39, 0.29) is 5.41 Å². The van der Waals surface area contributed by atoms with Crippen LogP contribution in [0.3, 0.4) is 0 Å². The van der Waals surface area contributed by atoms with Crippen LogP contribution in [0.1, 0.15) is 50.5 Å². The molecule has 166 valence electrons. The average Bonchev–Trinajstić information content (AvgIpc) is 3.33. The number of rotatable bonds is 6. The maximum Gasteiger partial charge on any atom is 0.234 e. The molecule has 0 unspecified atom stereocenters. The predicted octanol–water partition coefficient (Wildman–Crippen LogP) is 4.93. The van der Waals surface area contributed by atoms with Crippen molar-refractivity contribution in [2.24, 2.45) is 0 Å². The number of hydrogen-bond acceptors (Lipinski definition) is 5. The van der Waals surface area contributed by atoms with Gasteiger partial charge in [-0.1, -0.05) is 43.0 Å². The van der Waals surface area contributed by atoms with Gasteiger partial charge in [0.25, 0.3) is 0 Å². The zero-order valence-electron chi connectivity index (χ0n) is 18.0. The van der Waals surface area contributed by atoms with Gasteiger partial charge in [-0.3, -0.25) is 0 Å². The minimum absolute atomic E-state index is 0.0326. The van der Waals surface area contributed by atoms with Crippen molar-refractivity contribution in [2.75, 3.05) is 37.0 Å². The van der Waals surface area contributed by atoms with Crippen LogP contribution in [0.4, 0.5) is 11.8 Å². The van der Waals surface area contributed by atoms with Gasteiger partial charge in [0.2, 0.25) is 11.8 Å². The lowest BCUT2D eigenvalue weighted by molar-refractivity contribution is 0.292. The van der Waals surface area contributed by atoms with E-state index >= 15 is 0 Å². The van der Waals surface area contributed by atoms with Gasteiger partial charge < -0.3 is 20.3 Å². The lowest BCUT2D eigenvalue weighted by atomic mass is 9.69. The number of anilines is 2. The van der Waals surface area contributed by atoms with Crippen LogP contribution in [0.5, 0.6) is 5.88 Å². The second-order valence-electron chi connectivity index (χ2n) is 8.45. The summed E-state index contributed by atoms with van der Waals surface area (Å²) in [5, 5.41) is 7.90. The summed E-state index contributed by atoms with van der Waals surface area (Å²) in [6, 6.07) is 10.1. The van der Waals surface area contributed by atoms with Gasteiger partial charge >= 0.3 is 0 Å². The van der Waals surface area contributed by atoms with E-state index in [1.165, 1.54) is 37.7 Å². The molecule has 2 heterocycles. The first-order chi connectivity index (χ1) is 15.1. The maximum atomic E-state index is 6.30. The molecule has 1 aromatic heterocycles. The molecule has 2 fully saturated rings. The Morgan fingerprint density at radius 2 is 1.90 bits per heavy atom. The van der Waals surface area contributed by atoms with Crippen LogP contribution < -0.4 is 20.3 Å². The molecule has 0 spiro atoms. The van der Waals surface area contributed by atoms with Crippen LogP contribution in [0, 0.1) is 0 Å². The van der Waals surface area contributed by atoms with Crippen LogP contribution in [0.2, 0.25) is 5.02 Å². The first-order valence-electron chi connectivity index (χ1n) is 11.1. The number of aromatic nitrogens is 2. The van der Waals surface area contributed by atoms with Crippen molar-refractivity contribution >= 4 is 40.7 Å². The number of ether oxygens (including phenoxy) is 1. The Labute approximate surface area is 194 Å². The van der Waals surface area contributed by atoms with Crippen molar-refractivity contribution in [3.8, 4) is 5.88 Å². The van der Waals surface area contributed by atoms with Gasteiger partial charge in [-0.25, -0.2) is 0 Å². The van der Waals surface area contributed by atoms with E-state index in [1.807, 2.05) is 18.2 Å². The molecule has 0 bridgehead atoms. The summed E-state index contributed by atoms with van der Waals surface area (Å²) in [4.78, 5) is 11.3. The van der Waals surface area contributed by atoms with Crippen molar-refractivity contribution in [3.63, 3.8) is 0 Å². The van der Waals surface area contributed by atoms with Crippen molar-refractivity contribution in [1.82, 2.24) is 15.3 Å². The van der Waals surface area contributed by atoms with Gasteiger partial charge in [-0.15, -0.1) is 0 Å². The summed E-state index contributed by atoms with van der Waals surface area (Å²) < 4.78 is 5.38. The summed E-state index contributed by atoms with van der Waals surface area (Å²) in [7, 11) is 1.62. The third-order valence-electron chi connectivity index (χ3n) is 6.39. The van der Waals surface area contributed by atoms with E-state index in [2.05, 4.69) is 37.6 Å². The van der Waals surface area contributed by atoms with Crippen molar-refractivity contribution in [1.29, 1.82) is 0 Å². The highest BCUT2D eigenvalue weighted by Crippen LogP contribution is 2.39. The van der Waals surface area contributed by atoms with Crippen LogP contribution in [-0.4, -0.2) is 41.8 Å². The number of halogens is 1. The number of nitrogens with one attached hydrogen (secondary N) is 2. The average molecular weight is 460 g/mol. The molecule has 0 atom stereocenters. The minimum atomic E-state index is 0.0326. The van der Waals surface area contributed by atoms with E-state index in [0.717, 1.165) is 43.3 Å². The molecule has 31 heavy (non-hydrogen) atoms. The van der Waals surface area contributed by atoms with Crippen LogP contribution in [0.15, 0.2) is 30.3 Å². The predicted molar refractivity (Wildman–Crippen MR) is 130 cm³/mol. The van der Waals surface area contributed by atoms with Gasteiger partial charge in [0.05, 0.1) is 7.11 Å². The highest BCUT2D eigenvalue weighted by Gasteiger charge is 2.34. The smallest absolute Gasteiger partial charge is 0.234 e. The number of methoxy groups -OCH3 is 1. The maximum absolute atomic E-state index is 6.30. The first kappa shape index (κ1) is 22.1. The van der Waals surface area contributed by atoms with E-state index in [4.69, 9.17) is 28.6 Å². The fourth-order valence-electron chi connectivity index (χ4n) is 4.69. The third kappa shape index (κ3) is 5.39. The molecule has 0 radical (unpaired) electrons. The van der Waals surface area contributed by atoms with Gasteiger partial charge in [0.1, 0.15) is 5.82 Å². The summed E-state index contributed by atoms with van der Waals surface area (Å²) >= 11 is 11.9. The Hall–Kier alpha value is -2.12. The van der Waals surface area contributed by atoms with Crippen molar-refractivity contribution in [2.45, 2.75) is 50.4 Å². The quantitative estimate of drug-likeness (QED) is 0.594. The molecule has 1 saturated heterocycles. The second-order valence-corrected chi connectivity index (χ2v) is 9.29. The molecular formula is C23H30ClN5OS. The molecule has 2 aromatic rings. The highest BCUT2D eigenvalue weighted by molar-refractivity contribution is 7.80. The summed E-state index contributed by atoms with van der Waals surface area (Å²) in [5.41, 5.74) is 1.31. The zero-order chi connectivity index (χ0) is 21.7. The fourth-order valence-corrected chi connectivity index (χ4v) is 5.04. The Kier molecular flexibility index (Phi) is 7.13. The van der Waals surface area contributed by atoms with Crippen LogP contribution in [-0.2, 0) is 5.41 Å². The molecule has 1 saturated carbocycles. The van der Waals surface area contributed by atoms with Crippen molar-refractivity contribution < 1.29 is 4.74 Å². The summed E-state index contributed by atoms with van der Waals surface area (Å²) in [5.74, 6) is 1.86. The third-order valence-corrected chi connectivity index (χ3v) is 6.87. The fraction of sp³-hybridized carbons (Fsp3) is 0.522. The number of hydrogen-bond donors (Lipinski definition) is 2. The molecule has 1 aliphatic carbocycles. The molecule has 6 nitrogen and oxygen atoms in total. The number of benzene rings is 1. The van der Waals surface area contributed by atoms with Gasteiger partial charge in [0.15, 0.2) is 5.11 Å². The number of nitrogens with zero attached hydrogens (tertiary/aromatic N) is 3. The number of thiocarbonyl (C=S) groups is 1. The molecule has 8 heteroatoms. The Bertz CT molecular complexity index is 913. The molecule has 2 N–H and O–H groups in total. The van der Waals surface area contributed by atoms with E-state index in [9.17, 15) is 0 Å². The van der Waals surface area contributed by atoms with Gasteiger partial charge in [-0.05, 0) is 55.6 Å². The monoisotopic (exact) mass is 459 g/mol. The minimum Gasteiger partial charge on any atom is -0.481 e. The SMILES string of the molecule is COc1cc(N2CCCC2)nc(NC(=S)NCC2(c3cccc(Cl)c3)CCCCC2)n1. The Balaban J connectivity index is 1.46. The largest absolute Gasteiger partial charge is 0.481 e. The highest BCUT2D eigenvalue weighted by atomic mass is 35.5. The normalized spacial score (nSPS) is 17.9. The lowest BCUT2D eigenvalue weighted by Crippen LogP contribution is -2.43. The molecular weight excluding hydrogens is 430 g/mol. The standard InChI is InChI=1S/C23H30ClN5OS/c1-30-20-15-19(29-12-5-6-13-29)26-21(27-20)28-22(31)25-16-23(10-3-2-4-11-23)17-8-7-9-18(24)14-17/h7-9,14-15H,2-6,10-13,16H2,1H3,(H2,25,26,27,28,31). The van der Waals surface area contributed by atoms with Crippen LogP contribution in [0.25, 0.3) is 0 Å². The summed E-state index contributed by atoms with van der Waals surface area (Å²) in [6.45, 7) is 2.76. The van der Waals surface area contributed by atoms with E-state index in [0.29, 0.717) is 16.9 Å². The Morgan fingerprint density at radius 3 is 2.61 bits per heavy atom. The summed E-state index contributed by atoms with van der Waals surface area (Å²) in [6.07, 6.45) is 8.32. The van der Waals surface area contributed by atoms with Gasteiger partial charge in [0, 0.05) is 36.1 Å². The topological polar surface area (TPSA) is 62.3 Å². The zero-order valence-corrected chi connectivity index (χ0v) is 19.6. The van der Waals surface area contributed by atoms with E-state index < -0.39 is 0 Å². The first-order valence-corrected chi connectivity index (χ1v) is 11.9. The molecule has 4 rings (SSSR count). The van der Waals surface area contributed by atoms with E-state index in [1.54, 1.807) is 7.11 Å². The molecule has 0 amide bonds. The molecule has 1 aliphatic heterocycles. The molecule has 1 aromatic carbocycles. The lowest BCUT2D eigenvalue weighted by Gasteiger charge is -2.38. The van der Waals surface area contributed by atoms with Crippen molar-refractivity contribution in [3.05, 3.63) is 40.9 Å². The Morgan fingerprint density at radius 1 is 1.13 bits per heavy atom. The second kappa shape index (κ2) is 10.0. The van der Waals surface area contributed by atoms with Gasteiger partial charge in [-0.2, -0.15) is 9.97 Å². The molecule has 2 aliphatic rings. The van der Waals surface area contributed by atoms with Crippen LogP contribution >= 0.6 is 23.8 Å².